The Morgan fingerprint density at radius 2 is 1.81 bits per heavy atom. The molecule has 0 saturated carbocycles. The summed E-state index contributed by atoms with van der Waals surface area (Å²) in [5.41, 5.74) is 4.85. The van der Waals surface area contributed by atoms with E-state index in [2.05, 4.69) is 19.9 Å². The molecule has 0 atom stereocenters. The number of ether oxygens (including phenoxy) is 1. The third-order valence-electron chi connectivity index (χ3n) is 4.79. The molecule has 0 unspecified atom stereocenters. The molecule has 0 aliphatic carbocycles. The average molecular weight is 505 g/mol. The minimum absolute atomic E-state index is 0.0349. The van der Waals surface area contributed by atoms with Crippen LogP contribution in [-0.4, -0.2) is 30.0 Å². The highest BCUT2D eigenvalue weighted by molar-refractivity contribution is 6.30. The normalized spacial score (nSPS) is 11.2. The Morgan fingerprint density at radius 3 is 2.42 bits per heavy atom. The van der Waals surface area contributed by atoms with Crippen molar-refractivity contribution in [3.8, 4) is 17.7 Å². The highest BCUT2D eigenvalue weighted by atomic mass is 35.5. The van der Waals surface area contributed by atoms with Crippen molar-refractivity contribution >= 4 is 23.2 Å². The highest BCUT2D eigenvalue weighted by Crippen LogP contribution is 2.22. The van der Waals surface area contributed by atoms with Gasteiger partial charge >= 0.3 is 11.4 Å². The van der Waals surface area contributed by atoms with Crippen molar-refractivity contribution in [2.75, 3.05) is 0 Å². The number of nitriles is 1. The summed E-state index contributed by atoms with van der Waals surface area (Å²) in [6.07, 6.45) is 2.61. The fraction of sp³-hybridized carbons (Fsp3) is 0.0870. The monoisotopic (exact) mass is 504 g/mol. The summed E-state index contributed by atoms with van der Waals surface area (Å²) in [6.45, 7) is -0.539. The molecular weight excluding hydrogens is 488 g/mol. The van der Waals surface area contributed by atoms with Crippen LogP contribution in [0.4, 0.5) is 5.69 Å². The highest BCUT2D eigenvalue weighted by Gasteiger charge is 2.12. The van der Waals surface area contributed by atoms with Crippen LogP contribution in [0.3, 0.4) is 0 Å². The number of hydrogen-bond donors (Lipinski definition) is 2. The van der Waals surface area contributed by atoms with Crippen molar-refractivity contribution in [3.63, 3.8) is 0 Å². The average Bonchev–Trinajstić information content (AvgIpc) is 2.87. The number of H-pyrrole nitrogens is 1. The molecule has 0 fully saturated rings. The summed E-state index contributed by atoms with van der Waals surface area (Å²) in [4.78, 5) is 51.7. The van der Waals surface area contributed by atoms with E-state index in [1.165, 1.54) is 17.0 Å². The molecule has 0 bridgehead atoms. The first-order chi connectivity index (χ1) is 17.3. The van der Waals surface area contributed by atoms with E-state index in [1.54, 1.807) is 48.5 Å². The standard InChI is InChI=1S/C23H17ClN8O4/c24-15-3-1-14(2-4-15)12-31-21(30-22(34)32(23(31)35)13-19(26)33)29-16-5-7-18(8-6-16)36-20-11-27-17(9-25)10-28-20/h1-8,10-11H,12-13H2,(H2,26,33)(H,29,30,34). The van der Waals surface area contributed by atoms with E-state index in [0.717, 1.165) is 0 Å². The summed E-state index contributed by atoms with van der Waals surface area (Å²) >= 11 is 5.94. The molecule has 180 valence electrons. The Balaban J connectivity index is 1.71. The lowest BCUT2D eigenvalue weighted by Crippen LogP contribution is -2.51. The number of nitrogens with zero attached hydrogens (tertiary/aromatic N) is 6. The third kappa shape index (κ3) is 5.72. The third-order valence-corrected chi connectivity index (χ3v) is 5.04. The second-order valence-electron chi connectivity index (χ2n) is 7.36. The first kappa shape index (κ1) is 24.1. The van der Waals surface area contributed by atoms with Gasteiger partial charge in [-0.3, -0.25) is 14.3 Å². The minimum atomic E-state index is -0.840. The van der Waals surface area contributed by atoms with Crippen LogP contribution in [0.15, 0.2) is 75.5 Å². The van der Waals surface area contributed by atoms with Gasteiger partial charge in [0.25, 0.3) is 0 Å². The second kappa shape index (κ2) is 10.5. The number of rotatable bonds is 7. The Kier molecular flexibility index (Phi) is 7.03. The maximum atomic E-state index is 13.1. The van der Waals surface area contributed by atoms with E-state index in [4.69, 9.17) is 27.3 Å². The molecule has 36 heavy (non-hydrogen) atoms. The summed E-state index contributed by atoms with van der Waals surface area (Å²) in [5.74, 6) is -0.220. The van der Waals surface area contributed by atoms with Gasteiger partial charge in [0.15, 0.2) is 5.69 Å². The van der Waals surface area contributed by atoms with Gasteiger partial charge in [-0.15, -0.1) is 0 Å². The predicted octanol–water partition coefficient (Wildman–Crippen LogP) is 1.21. The lowest BCUT2D eigenvalue weighted by molar-refractivity contribution is -0.118. The van der Waals surface area contributed by atoms with Crippen LogP contribution in [0.2, 0.25) is 5.02 Å². The quantitative estimate of drug-likeness (QED) is 0.380. The van der Waals surface area contributed by atoms with Crippen molar-refractivity contribution in [3.05, 3.63) is 104 Å². The molecule has 0 aliphatic heterocycles. The Morgan fingerprint density at radius 1 is 1.08 bits per heavy atom. The van der Waals surface area contributed by atoms with Crippen LogP contribution in [0.5, 0.6) is 11.6 Å². The van der Waals surface area contributed by atoms with E-state index < -0.39 is 23.8 Å². The molecule has 12 nitrogen and oxygen atoms in total. The molecule has 0 saturated heterocycles. The number of hydrogen-bond acceptors (Lipinski definition) is 8. The van der Waals surface area contributed by atoms with Gasteiger partial charge in [0.05, 0.1) is 24.6 Å². The molecule has 0 aliphatic rings. The number of benzene rings is 2. The van der Waals surface area contributed by atoms with Crippen molar-refractivity contribution < 1.29 is 9.53 Å². The summed E-state index contributed by atoms with van der Waals surface area (Å²) < 4.78 is 7.50. The van der Waals surface area contributed by atoms with E-state index in [-0.39, 0.29) is 23.7 Å². The van der Waals surface area contributed by atoms with Crippen LogP contribution in [0.25, 0.3) is 0 Å². The molecule has 2 aromatic heterocycles. The van der Waals surface area contributed by atoms with Gasteiger partial charge in [-0.25, -0.2) is 29.1 Å². The van der Waals surface area contributed by atoms with Gasteiger partial charge in [0, 0.05) is 5.02 Å². The van der Waals surface area contributed by atoms with Gasteiger partial charge in [-0.1, -0.05) is 23.7 Å². The number of aromatic nitrogens is 5. The minimum Gasteiger partial charge on any atom is -0.438 e. The molecule has 0 spiro atoms. The number of aromatic amines is 1. The van der Waals surface area contributed by atoms with Crippen molar-refractivity contribution in [1.82, 2.24) is 24.1 Å². The zero-order chi connectivity index (χ0) is 25.7. The first-order valence-corrected chi connectivity index (χ1v) is 10.7. The number of nitrogens with two attached hydrogens (primary N) is 1. The fourth-order valence-electron chi connectivity index (χ4n) is 3.11. The SMILES string of the molecule is N#Cc1cnc(Oc2ccc(/N=c3\[nH]c(=O)n(CC(N)=O)c(=O)n3Cc3ccc(Cl)cc3)cc2)cn1. The number of primary amides is 1. The summed E-state index contributed by atoms with van der Waals surface area (Å²) in [6, 6.07) is 15.1. The van der Waals surface area contributed by atoms with Crippen LogP contribution in [0, 0.1) is 11.3 Å². The van der Waals surface area contributed by atoms with Gasteiger partial charge < -0.3 is 10.5 Å². The number of carbonyl (C=O) groups is 1. The molecule has 0 radical (unpaired) electrons. The molecule has 2 heterocycles. The maximum Gasteiger partial charge on any atom is 0.335 e. The van der Waals surface area contributed by atoms with Crippen LogP contribution < -0.4 is 27.5 Å². The second-order valence-corrected chi connectivity index (χ2v) is 7.80. The number of nitrogens with one attached hydrogen (secondary N) is 1. The fourth-order valence-corrected chi connectivity index (χ4v) is 3.24. The van der Waals surface area contributed by atoms with Gasteiger partial charge in [0.2, 0.25) is 17.4 Å². The van der Waals surface area contributed by atoms with Crippen LogP contribution >= 0.6 is 11.6 Å². The van der Waals surface area contributed by atoms with Gasteiger partial charge in [-0.2, -0.15) is 5.26 Å². The summed E-state index contributed by atoms with van der Waals surface area (Å²) in [5, 5.41) is 9.32. The van der Waals surface area contributed by atoms with E-state index >= 15 is 0 Å². The van der Waals surface area contributed by atoms with Crippen LogP contribution in [-0.2, 0) is 17.9 Å². The van der Waals surface area contributed by atoms with Crippen LogP contribution in [0.1, 0.15) is 11.3 Å². The molecule has 1 amide bonds. The Bertz CT molecular complexity index is 1630. The Labute approximate surface area is 207 Å². The van der Waals surface area contributed by atoms with Crippen molar-refractivity contribution in [2.45, 2.75) is 13.1 Å². The zero-order valence-corrected chi connectivity index (χ0v) is 19.2. The lowest BCUT2D eigenvalue weighted by atomic mass is 10.2. The van der Waals surface area contributed by atoms with E-state index in [1.807, 2.05) is 6.07 Å². The molecule has 13 heteroatoms. The van der Waals surface area contributed by atoms with E-state index in [0.29, 0.717) is 26.6 Å². The number of carbonyl (C=O) groups excluding carboxylic acids is 1. The summed E-state index contributed by atoms with van der Waals surface area (Å²) in [7, 11) is 0. The number of amides is 1. The predicted molar refractivity (Wildman–Crippen MR) is 128 cm³/mol. The molecule has 4 aromatic rings. The Hall–Kier alpha value is -5.02. The topological polar surface area (TPSA) is 174 Å². The zero-order valence-electron chi connectivity index (χ0n) is 18.5. The first-order valence-electron chi connectivity index (χ1n) is 10.3. The maximum absolute atomic E-state index is 13.1. The van der Waals surface area contributed by atoms with Crippen molar-refractivity contribution in [2.24, 2.45) is 10.7 Å². The number of halogens is 1. The smallest absolute Gasteiger partial charge is 0.335 e. The van der Waals surface area contributed by atoms with Gasteiger partial charge in [-0.05, 0) is 42.0 Å². The van der Waals surface area contributed by atoms with E-state index in [9.17, 15) is 14.4 Å². The molecule has 4 rings (SSSR count). The van der Waals surface area contributed by atoms with Crippen molar-refractivity contribution in [1.29, 1.82) is 5.26 Å². The largest absolute Gasteiger partial charge is 0.438 e. The molecule has 2 aromatic carbocycles. The van der Waals surface area contributed by atoms with Gasteiger partial charge in [0.1, 0.15) is 18.4 Å². The molecular formula is C23H17ClN8O4. The molecule has 3 N–H and O–H groups in total. The lowest BCUT2D eigenvalue weighted by Gasteiger charge is -2.10.